The number of hydrogen-bond acceptors (Lipinski definition) is 8. The third kappa shape index (κ3) is 9.10. The summed E-state index contributed by atoms with van der Waals surface area (Å²) >= 11 is 0. The van der Waals surface area contributed by atoms with Crippen molar-refractivity contribution in [2.24, 2.45) is 0 Å². The number of para-hydroxylation sites is 8. The fraction of sp³-hybridized carbons (Fsp3) is 0.143. The van der Waals surface area contributed by atoms with Crippen LogP contribution in [-0.2, 0) is 51.4 Å². The largest absolute Gasteiger partial charge is 1.00 e. The summed E-state index contributed by atoms with van der Waals surface area (Å²) in [4.78, 5) is 0. The summed E-state index contributed by atoms with van der Waals surface area (Å²) in [7, 11) is 0. The topological polar surface area (TPSA) is 165 Å². The van der Waals surface area contributed by atoms with Gasteiger partial charge in [0.1, 0.15) is 40.2 Å². The van der Waals surface area contributed by atoms with Gasteiger partial charge in [0.25, 0.3) is 0 Å². The van der Waals surface area contributed by atoms with Crippen molar-refractivity contribution in [3.05, 3.63) is 235 Å². The van der Waals surface area contributed by atoms with Crippen LogP contribution in [0.1, 0.15) is 89.0 Å². The second-order valence-corrected chi connectivity index (χ2v) is 16.8. The number of fused-ring (bicyclic) bond motifs is 16. The minimum absolute atomic E-state index is 0. The van der Waals surface area contributed by atoms with Crippen molar-refractivity contribution >= 4 is 0 Å². The Bertz CT molecular complexity index is 2290. The van der Waals surface area contributed by atoms with Crippen LogP contribution < -0.4 is 24.0 Å². The molecule has 0 fully saturated rings. The number of benzene rings is 8. The third-order valence-corrected chi connectivity index (χ3v) is 12.6. The number of phenolic OH excluding ortho intramolecular Hbond substituents is 7. The van der Waals surface area contributed by atoms with Crippen LogP contribution in [0.3, 0.4) is 0 Å². The van der Waals surface area contributed by atoms with Crippen molar-refractivity contribution in [2.45, 2.75) is 51.4 Å². The van der Waals surface area contributed by atoms with Gasteiger partial charge >= 0.3 is 18.9 Å². The molecule has 65 heavy (non-hydrogen) atoms. The monoisotopic (exact) mass is 854 g/mol. The molecule has 8 aromatic rings. The molecule has 16 bridgehead atoms. The quantitative estimate of drug-likeness (QED) is 0.0825. The van der Waals surface area contributed by atoms with Crippen molar-refractivity contribution in [2.75, 3.05) is 0 Å². The molecule has 1 aliphatic rings. The SMILES string of the molecule is [Li+].[O-]c1c2cccc1Cc1cccc(c1O)Cc1cccc(c1O)Cc1cccc(c1O)Cc1cccc(c1O)Cc1cccc(c1O)Cc1cccc(c1O)Cc1cccc(c1O)C2. The first-order chi connectivity index (χ1) is 31.0. The Labute approximate surface area is 389 Å². The van der Waals surface area contributed by atoms with Gasteiger partial charge in [-0.1, -0.05) is 157 Å². The van der Waals surface area contributed by atoms with E-state index in [1.165, 1.54) is 0 Å². The molecule has 0 atom stereocenters. The zero-order valence-electron chi connectivity index (χ0n) is 36.1. The van der Waals surface area contributed by atoms with Crippen molar-refractivity contribution in [3.8, 4) is 46.0 Å². The summed E-state index contributed by atoms with van der Waals surface area (Å²) in [6.45, 7) is 0. The van der Waals surface area contributed by atoms with Gasteiger partial charge in [-0.05, 0) is 77.9 Å². The summed E-state index contributed by atoms with van der Waals surface area (Å²) < 4.78 is 0. The van der Waals surface area contributed by atoms with E-state index in [-0.39, 0.29) is 116 Å². The van der Waals surface area contributed by atoms with E-state index in [1.807, 2.05) is 42.5 Å². The summed E-state index contributed by atoms with van der Waals surface area (Å²) in [6, 6.07) is 43.2. The molecule has 0 radical (unpaired) electrons. The Morgan fingerprint density at radius 2 is 0.323 bits per heavy atom. The molecule has 0 amide bonds. The van der Waals surface area contributed by atoms with E-state index >= 15 is 0 Å². The molecule has 9 heteroatoms. The summed E-state index contributed by atoms with van der Waals surface area (Å²) in [5.74, 6) is 0.130. The van der Waals surface area contributed by atoms with E-state index in [1.54, 1.807) is 103 Å². The molecule has 7 N–H and O–H groups in total. The summed E-state index contributed by atoms with van der Waals surface area (Å²) in [5.41, 5.74) is 9.14. The second kappa shape index (κ2) is 18.8. The predicted octanol–water partition coefficient (Wildman–Crippen LogP) is 6.74. The van der Waals surface area contributed by atoms with Gasteiger partial charge in [0.2, 0.25) is 0 Å². The molecule has 0 saturated carbocycles. The molecule has 8 nitrogen and oxygen atoms in total. The van der Waals surface area contributed by atoms with E-state index < -0.39 is 0 Å². The Kier molecular flexibility index (Phi) is 12.9. The molecular weight excluding hydrogens is 808 g/mol. The fourth-order valence-corrected chi connectivity index (χ4v) is 9.07. The van der Waals surface area contributed by atoms with E-state index in [0.29, 0.717) is 89.0 Å². The van der Waals surface area contributed by atoms with Gasteiger partial charge in [-0.25, -0.2) is 0 Å². The molecule has 0 aromatic heterocycles. The molecule has 0 aliphatic heterocycles. The van der Waals surface area contributed by atoms with Crippen molar-refractivity contribution < 1.29 is 59.7 Å². The Morgan fingerprint density at radius 1 is 0.215 bits per heavy atom. The van der Waals surface area contributed by atoms with Crippen LogP contribution in [0.4, 0.5) is 0 Å². The van der Waals surface area contributed by atoms with Crippen molar-refractivity contribution in [1.82, 2.24) is 0 Å². The molecule has 0 saturated heterocycles. The van der Waals surface area contributed by atoms with Crippen LogP contribution in [-0.4, -0.2) is 35.7 Å². The molecule has 9 rings (SSSR count). The third-order valence-electron chi connectivity index (χ3n) is 12.6. The minimum atomic E-state index is -0.191. The van der Waals surface area contributed by atoms with Crippen LogP contribution in [0.2, 0.25) is 0 Å². The van der Waals surface area contributed by atoms with Crippen LogP contribution in [0, 0.1) is 0 Å². The van der Waals surface area contributed by atoms with Crippen LogP contribution in [0.15, 0.2) is 146 Å². The number of phenols is 7. The van der Waals surface area contributed by atoms with Crippen LogP contribution >= 0.6 is 0 Å². The predicted molar refractivity (Wildman–Crippen MR) is 245 cm³/mol. The maximum absolute atomic E-state index is 13.9. The molecule has 320 valence electrons. The molecule has 8 aromatic carbocycles. The smallest absolute Gasteiger partial charge is 0.872 e. The van der Waals surface area contributed by atoms with Gasteiger partial charge in [-0.3, -0.25) is 0 Å². The first kappa shape index (κ1) is 44.4. The van der Waals surface area contributed by atoms with Gasteiger partial charge in [0, 0.05) is 51.4 Å². The number of rotatable bonds is 0. The molecule has 0 heterocycles. The van der Waals surface area contributed by atoms with Gasteiger partial charge in [0.05, 0.1) is 0 Å². The Balaban J connectivity index is 0.00000576. The maximum Gasteiger partial charge on any atom is 1.00 e. The second-order valence-electron chi connectivity index (χ2n) is 16.8. The standard InChI is InChI=1S/C56H48O8.Li/c57-49-33-9-1-10-34(49)26-36-12-3-14-38(51(36)59)28-40-16-5-18-42(53(40)61)30-44-20-7-22-46(55(44)63)32-48-24-8-23-47(56(48)64)31-45-21-6-19-43(54(45)62)29-41-17-4-15-39(52(41)60)27-37-13-2-11-35(25-33)50(37)58;/h1-24,57-64H,25-32H2;/q;+1/p-1. The van der Waals surface area contributed by atoms with E-state index in [9.17, 15) is 40.9 Å². The Morgan fingerprint density at radius 3 is 0.462 bits per heavy atom. The molecular formula is C56H47LiO8. The normalized spacial score (nSPS) is 12.8. The molecule has 0 unspecified atom stereocenters. The van der Waals surface area contributed by atoms with Crippen molar-refractivity contribution in [1.29, 1.82) is 0 Å². The van der Waals surface area contributed by atoms with Gasteiger partial charge in [0.15, 0.2) is 0 Å². The molecule has 1 aliphatic carbocycles. The first-order valence-corrected chi connectivity index (χ1v) is 21.4. The zero-order valence-corrected chi connectivity index (χ0v) is 36.1. The maximum atomic E-state index is 13.9. The Hall–Kier alpha value is -7.24. The number of hydrogen-bond donors (Lipinski definition) is 7. The zero-order chi connectivity index (χ0) is 44.5. The summed E-state index contributed by atoms with van der Waals surface area (Å²) in [6.07, 6.45) is 1.65. The van der Waals surface area contributed by atoms with E-state index in [4.69, 9.17) is 0 Å². The minimum Gasteiger partial charge on any atom is -0.872 e. The van der Waals surface area contributed by atoms with Gasteiger partial charge in [-0.2, -0.15) is 0 Å². The van der Waals surface area contributed by atoms with Crippen LogP contribution in [0.25, 0.3) is 0 Å². The first-order valence-electron chi connectivity index (χ1n) is 21.4. The number of aromatic hydroxyl groups is 7. The van der Waals surface area contributed by atoms with Crippen molar-refractivity contribution in [3.63, 3.8) is 0 Å². The van der Waals surface area contributed by atoms with E-state index in [0.717, 1.165) is 0 Å². The average molecular weight is 855 g/mol. The average Bonchev–Trinajstić information content (AvgIpc) is 3.28. The van der Waals surface area contributed by atoms with Crippen LogP contribution in [0.5, 0.6) is 46.0 Å². The fourth-order valence-electron chi connectivity index (χ4n) is 9.07. The molecule has 0 spiro atoms. The van der Waals surface area contributed by atoms with Gasteiger partial charge < -0.3 is 40.9 Å². The van der Waals surface area contributed by atoms with E-state index in [2.05, 4.69) is 0 Å². The van der Waals surface area contributed by atoms with Gasteiger partial charge in [-0.15, -0.1) is 5.75 Å². The summed E-state index contributed by atoms with van der Waals surface area (Å²) in [5, 5.41) is 94.9.